The maximum atomic E-state index is 13.6. The van der Waals surface area contributed by atoms with Crippen molar-refractivity contribution in [2.75, 3.05) is 6.54 Å². The third-order valence-electron chi connectivity index (χ3n) is 5.09. The van der Waals surface area contributed by atoms with Crippen LogP contribution in [0.2, 0.25) is 0 Å². The Balaban J connectivity index is 1.35. The van der Waals surface area contributed by atoms with E-state index in [2.05, 4.69) is 35.0 Å². The third kappa shape index (κ3) is 3.67. The quantitative estimate of drug-likeness (QED) is 0.562. The number of rotatable bonds is 4. The predicted molar refractivity (Wildman–Crippen MR) is 105 cm³/mol. The van der Waals surface area contributed by atoms with Crippen molar-refractivity contribution >= 4 is 0 Å². The van der Waals surface area contributed by atoms with Crippen molar-refractivity contribution in [3.05, 3.63) is 77.8 Å². The van der Waals surface area contributed by atoms with E-state index in [1.54, 1.807) is 18.6 Å². The second-order valence-corrected chi connectivity index (χ2v) is 7.18. The number of fused-ring (bicyclic) bond motifs is 1. The van der Waals surface area contributed by atoms with E-state index in [0.29, 0.717) is 30.2 Å². The Hall–Kier alpha value is -3.59. The highest BCUT2D eigenvalue weighted by molar-refractivity contribution is 5.62. The largest absolute Gasteiger partial charge is 0.294 e. The van der Waals surface area contributed by atoms with Crippen LogP contribution in [0.3, 0.4) is 0 Å². The van der Waals surface area contributed by atoms with Gasteiger partial charge >= 0.3 is 0 Å². The Kier molecular flexibility index (Phi) is 4.72. The van der Waals surface area contributed by atoms with Gasteiger partial charge in [-0.15, -0.1) is 0 Å². The lowest BCUT2D eigenvalue weighted by Crippen LogP contribution is -2.31. The molecule has 4 aromatic rings. The van der Waals surface area contributed by atoms with E-state index < -0.39 is 11.6 Å². The van der Waals surface area contributed by atoms with Gasteiger partial charge < -0.3 is 0 Å². The molecule has 30 heavy (non-hydrogen) atoms. The van der Waals surface area contributed by atoms with Gasteiger partial charge in [0.25, 0.3) is 0 Å². The van der Waals surface area contributed by atoms with Crippen LogP contribution in [0.5, 0.6) is 0 Å². The molecule has 9 heteroatoms. The lowest BCUT2D eigenvalue weighted by Gasteiger charge is -2.28. The highest BCUT2D eigenvalue weighted by atomic mass is 19.1. The summed E-state index contributed by atoms with van der Waals surface area (Å²) in [7, 11) is 0. The minimum absolute atomic E-state index is 0.440. The number of nitrogens with zero attached hydrogens (tertiary/aromatic N) is 6. The fourth-order valence-electron chi connectivity index (χ4n) is 3.68. The van der Waals surface area contributed by atoms with Crippen molar-refractivity contribution in [2.24, 2.45) is 0 Å². The number of hydrogen-bond donors (Lipinski definition) is 1. The lowest BCUT2D eigenvalue weighted by atomic mass is 10.0. The molecule has 0 saturated heterocycles. The monoisotopic (exact) mass is 405 g/mol. The number of benzene rings is 1. The minimum Gasteiger partial charge on any atom is -0.294 e. The van der Waals surface area contributed by atoms with Gasteiger partial charge in [-0.2, -0.15) is 5.10 Å². The fourth-order valence-corrected chi connectivity index (χ4v) is 3.68. The van der Waals surface area contributed by atoms with Crippen LogP contribution in [0, 0.1) is 11.6 Å². The SMILES string of the molecule is Fc1cc(F)cc(-c2[nH]ncc2CN2CCc3nc(-c4cncnc4)ncc3C2)c1. The third-order valence-corrected chi connectivity index (χ3v) is 5.09. The molecule has 150 valence electrons. The zero-order chi connectivity index (χ0) is 20.5. The average molecular weight is 405 g/mol. The van der Waals surface area contributed by atoms with Crippen LogP contribution in [-0.2, 0) is 19.5 Å². The smallest absolute Gasteiger partial charge is 0.162 e. The zero-order valence-electron chi connectivity index (χ0n) is 15.9. The Morgan fingerprint density at radius 2 is 1.77 bits per heavy atom. The van der Waals surface area contributed by atoms with Crippen LogP contribution in [0.1, 0.15) is 16.8 Å². The molecule has 4 heterocycles. The molecule has 3 aromatic heterocycles. The first-order chi connectivity index (χ1) is 14.7. The second-order valence-electron chi connectivity index (χ2n) is 7.18. The van der Waals surface area contributed by atoms with Gasteiger partial charge in [0.2, 0.25) is 0 Å². The van der Waals surface area contributed by atoms with Crippen molar-refractivity contribution < 1.29 is 8.78 Å². The number of H-pyrrole nitrogens is 1. The van der Waals surface area contributed by atoms with Crippen LogP contribution >= 0.6 is 0 Å². The van der Waals surface area contributed by atoms with Gasteiger partial charge in [0, 0.05) is 67.4 Å². The molecule has 0 aliphatic carbocycles. The normalized spacial score (nSPS) is 13.9. The summed E-state index contributed by atoms with van der Waals surface area (Å²) in [5.41, 5.74) is 4.80. The fraction of sp³-hybridized carbons (Fsp3) is 0.190. The Labute approximate surface area is 170 Å². The van der Waals surface area contributed by atoms with Crippen LogP contribution < -0.4 is 0 Å². The Bertz CT molecular complexity index is 1170. The molecule has 0 spiro atoms. The number of aromatic nitrogens is 6. The molecule has 0 radical (unpaired) electrons. The van der Waals surface area contributed by atoms with E-state index in [1.165, 1.54) is 18.5 Å². The maximum absolute atomic E-state index is 13.6. The Morgan fingerprint density at radius 3 is 2.57 bits per heavy atom. The standard InChI is InChI=1S/C21H17F2N7/c22-17-3-13(4-18(23)5-17)20-16(9-27-29-20)11-30-2-1-19-15(10-30)8-26-21(28-19)14-6-24-12-25-7-14/h3-9,12H,1-2,10-11H2,(H,27,29). The topological polar surface area (TPSA) is 83.5 Å². The van der Waals surface area contributed by atoms with Gasteiger partial charge in [-0.25, -0.2) is 28.7 Å². The first-order valence-electron chi connectivity index (χ1n) is 9.47. The van der Waals surface area contributed by atoms with Crippen molar-refractivity contribution in [3.63, 3.8) is 0 Å². The highest BCUT2D eigenvalue weighted by Crippen LogP contribution is 2.26. The first kappa shape index (κ1) is 18.4. The summed E-state index contributed by atoms with van der Waals surface area (Å²) in [4.78, 5) is 19.4. The van der Waals surface area contributed by atoms with E-state index in [0.717, 1.165) is 41.4 Å². The minimum atomic E-state index is -0.616. The molecule has 0 unspecified atom stereocenters. The second kappa shape index (κ2) is 7.68. The van der Waals surface area contributed by atoms with Crippen molar-refractivity contribution in [1.82, 2.24) is 35.0 Å². The van der Waals surface area contributed by atoms with E-state index in [1.807, 2.05) is 6.20 Å². The zero-order valence-corrected chi connectivity index (χ0v) is 15.9. The van der Waals surface area contributed by atoms with E-state index in [-0.39, 0.29) is 0 Å². The van der Waals surface area contributed by atoms with Crippen LogP contribution in [0.15, 0.2) is 49.3 Å². The van der Waals surface area contributed by atoms with Crippen molar-refractivity contribution in [1.29, 1.82) is 0 Å². The van der Waals surface area contributed by atoms with Crippen molar-refractivity contribution in [3.8, 4) is 22.6 Å². The first-order valence-corrected chi connectivity index (χ1v) is 9.47. The van der Waals surface area contributed by atoms with Crippen LogP contribution in [0.25, 0.3) is 22.6 Å². The Morgan fingerprint density at radius 1 is 0.967 bits per heavy atom. The van der Waals surface area contributed by atoms with Crippen LogP contribution in [-0.4, -0.2) is 41.6 Å². The average Bonchev–Trinajstić information content (AvgIpc) is 3.21. The molecule has 0 bridgehead atoms. The summed E-state index contributed by atoms with van der Waals surface area (Å²) in [5, 5.41) is 6.94. The molecule has 0 amide bonds. The van der Waals surface area contributed by atoms with Gasteiger partial charge in [-0.3, -0.25) is 10.00 Å². The molecule has 1 aromatic carbocycles. The summed E-state index contributed by atoms with van der Waals surface area (Å²) in [6.45, 7) is 2.08. The molecule has 1 aliphatic rings. The van der Waals surface area contributed by atoms with Gasteiger partial charge in [-0.05, 0) is 12.1 Å². The van der Waals surface area contributed by atoms with Gasteiger partial charge in [-0.1, -0.05) is 0 Å². The summed E-state index contributed by atoms with van der Waals surface area (Å²) in [6.07, 6.45) is 9.18. The summed E-state index contributed by atoms with van der Waals surface area (Å²) >= 11 is 0. The van der Waals surface area contributed by atoms with Gasteiger partial charge in [0.05, 0.1) is 23.1 Å². The summed E-state index contributed by atoms with van der Waals surface area (Å²) < 4.78 is 27.2. The number of aromatic amines is 1. The van der Waals surface area contributed by atoms with E-state index in [4.69, 9.17) is 0 Å². The molecule has 0 fully saturated rings. The van der Waals surface area contributed by atoms with Gasteiger partial charge in [0.15, 0.2) is 5.82 Å². The maximum Gasteiger partial charge on any atom is 0.162 e. The number of hydrogen-bond acceptors (Lipinski definition) is 6. The molecule has 0 atom stereocenters. The predicted octanol–water partition coefficient (Wildman–Crippen LogP) is 3.16. The summed E-state index contributed by atoms with van der Waals surface area (Å²) in [5.74, 6) is -0.614. The highest BCUT2D eigenvalue weighted by Gasteiger charge is 2.21. The van der Waals surface area contributed by atoms with Crippen molar-refractivity contribution in [2.45, 2.75) is 19.5 Å². The molecule has 1 aliphatic heterocycles. The molecular formula is C21H17F2N7. The molecule has 1 N–H and O–H groups in total. The molecule has 5 rings (SSSR count). The summed E-state index contributed by atoms with van der Waals surface area (Å²) in [6, 6.07) is 3.46. The molecule has 7 nitrogen and oxygen atoms in total. The number of nitrogens with one attached hydrogen (secondary N) is 1. The van der Waals surface area contributed by atoms with Crippen LogP contribution in [0.4, 0.5) is 8.78 Å². The lowest BCUT2D eigenvalue weighted by molar-refractivity contribution is 0.243. The molecular weight excluding hydrogens is 388 g/mol. The van der Waals surface area contributed by atoms with E-state index >= 15 is 0 Å². The van der Waals surface area contributed by atoms with Gasteiger partial charge in [0.1, 0.15) is 18.0 Å². The molecule has 0 saturated carbocycles. The van der Waals surface area contributed by atoms with E-state index in [9.17, 15) is 8.78 Å². The number of halogens is 2.